The number of likely N-dealkylation sites (tertiary alicyclic amines) is 2. The van der Waals surface area contributed by atoms with E-state index in [1.807, 2.05) is 12.2 Å². The van der Waals surface area contributed by atoms with E-state index >= 15 is 0 Å². The van der Waals surface area contributed by atoms with E-state index in [4.69, 9.17) is 49.1 Å². The number of rotatable bonds is 15. The van der Waals surface area contributed by atoms with Gasteiger partial charge in [-0.2, -0.15) is 0 Å². The average Bonchev–Trinajstić information content (AvgIpc) is 3.27. The van der Waals surface area contributed by atoms with E-state index in [0.29, 0.717) is 43.9 Å². The Morgan fingerprint density at radius 3 is 1.42 bits per heavy atom. The van der Waals surface area contributed by atoms with Crippen molar-refractivity contribution in [3.63, 3.8) is 0 Å². The number of aliphatic hydroxyl groups is 2. The number of nitrogens with two attached hydrogens (primary N) is 1. The zero-order valence-corrected chi connectivity index (χ0v) is 46.1. The molecule has 0 saturated carbocycles. The van der Waals surface area contributed by atoms with Crippen molar-refractivity contribution in [1.82, 2.24) is 25.8 Å². The summed E-state index contributed by atoms with van der Waals surface area (Å²) >= 11 is 0. The minimum absolute atomic E-state index is 0.00771. The van der Waals surface area contributed by atoms with Crippen molar-refractivity contribution in [1.29, 1.82) is 0 Å². The van der Waals surface area contributed by atoms with E-state index < -0.39 is 53.3 Å². The first-order chi connectivity index (χ1) is 34.5. The topological polar surface area (TPSA) is 302 Å². The van der Waals surface area contributed by atoms with E-state index in [2.05, 4.69) is 30.5 Å². The van der Waals surface area contributed by atoms with Crippen LogP contribution in [0.3, 0.4) is 0 Å². The lowest BCUT2D eigenvalue weighted by molar-refractivity contribution is -0.139. The molecular weight excluding hydrogens is 969 g/mol. The zero-order chi connectivity index (χ0) is 56.0. The summed E-state index contributed by atoms with van der Waals surface area (Å²) in [7, 11) is 0. The second-order valence-corrected chi connectivity index (χ2v) is 21.3. The lowest BCUT2D eigenvalue weighted by atomic mass is 9.84. The summed E-state index contributed by atoms with van der Waals surface area (Å²) in [4.78, 5) is 87.5. The first-order valence-corrected chi connectivity index (χ1v) is 25.6. The zero-order valence-electron chi connectivity index (χ0n) is 46.1. The number of hydrogen-bond acceptors (Lipinski definition) is 20. The average molecular weight is 1060 g/mol. The number of carbonyl (C=O) groups excluding carboxylic acids is 7. The van der Waals surface area contributed by atoms with Crippen molar-refractivity contribution in [2.24, 2.45) is 5.73 Å². The largest absolute Gasteiger partial charge is 0.519 e. The Hall–Kier alpha value is -4.91. The molecule has 0 spiro atoms. The summed E-state index contributed by atoms with van der Waals surface area (Å²) in [5, 5.41) is 26.8. The molecule has 8 atom stereocenters. The number of nitrogens with one attached hydrogen (secondary N) is 3. The molecule has 424 valence electrons. The van der Waals surface area contributed by atoms with Gasteiger partial charge in [-0.15, -0.1) is 0 Å². The van der Waals surface area contributed by atoms with Gasteiger partial charge in [-0.3, -0.25) is 19.4 Å². The molecule has 0 bridgehead atoms. The molecule has 2 heterocycles. The highest BCUT2D eigenvalue weighted by Crippen LogP contribution is 2.29. The molecule has 4 aliphatic rings. The molecule has 7 N–H and O–H groups in total. The van der Waals surface area contributed by atoms with Gasteiger partial charge in [0.1, 0.15) is 16.8 Å². The van der Waals surface area contributed by atoms with Crippen LogP contribution in [0.4, 0.5) is 14.4 Å². The molecule has 2 saturated heterocycles. The second kappa shape index (κ2) is 31.2. The van der Waals surface area contributed by atoms with Crippen molar-refractivity contribution >= 4 is 42.2 Å². The molecule has 2 aliphatic heterocycles. The lowest BCUT2D eigenvalue weighted by Gasteiger charge is -2.45. The molecular formula is C51H88N6O17. The van der Waals surface area contributed by atoms with Gasteiger partial charge in [0.25, 0.3) is 0 Å². The van der Waals surface area contributed by atoms with Gasteiger partial charge >= 0.3 is 30.3 Å². The Morgan fingerprint density at radius 1 is 0.622 bits per heavy atom. The number of ether oxygens (including phenoxy) is 8. The fraction of sp³-hybridized carbons (Fsp3) is 0.784. The molecule has 0 aromatic heterocycles. The fourth-order valence-corrected chi connectivity index (χ4v) is 8.65. The molecule has 0 aromatic carbocycles. The third kappa shape index (κ3) is 25.1. The predicted molar refractivity (Wildman–Crippen MR) is 271 cm³/mol. The SMILES string of the molecule is CC(C)(C)OC(=O)OC(=O)OC(C)(C)C.CCOC(=O)C1=C[C@@H](N2CCC[C@H](OCCO)C2)[C@H](NC(C)=O)[C@@H](N)C1.CCOC(=O)C1=C[C@@H](N2CCC[C@H](OCCO)C2)[C@H](NC(C)=O)[C@@H](NC(=O)OC(C)(C)C)C1. The van der Waals surface area contributed by atoms with Crippen LogP contribution in [0.1, 0.15) is 129 Å². The maximum atomic E-state index is 12.6. The van der Waals surface area contributed by atoms with Crippen molar-refractivity contribution < 1.29 is 81.7 Å². The molecule has 2 aliphatic carbocycles. The molecule has 23 nitrogen and oxygen atoms in total. The van der Waals surface area contributed by atoms with Gasteiger partial charge in [0.2, 0.25) is 11.8 Å². The molecule has 0 unspecified atom stereocenters. The number of nitrogens with zero attached hydrogens (tertiary/aromatic N) is 2. The van der Waals surface area contributed by atoms with Gasteiger partial charge in [0.05, 0.1) is 82.1 Å². The normalized spacial score (nSPS) is 24.5. The van der Waals surface area contributed by atoms with Crippen molar-refractivity contribution in [3.05, 3.63) is 23.3 Å². The minimum Gasteiger partial charge on any atom is -0.463 e. The highest BCUT2D eigenvalue weighted by Gasteiger charge is 2.42. The monoisotopic (exact) mass is 1060 g/mol. The number of carbonyl (C=O) groups is 7. The fourth-order valence-electron chi connectivity index (χ4n) is 8.65. The minimum atomic E-state index is -1.06. The van der Waals surface area contributed by atoms with Crippen LogP contribution >= 0.6 is 0 Å². The van der Waals surface area contributed by atoms with E-state index in [0.717, 1.165) is 38.8 Å². The van der Waals surface area contributed by atoms with Gasteiger partial charge in [-0.25, -0.2) is 24.0 Å². The van der Waals surface area contributed by atoms with Crippen LogP contribution in [0, 0.1) is 0 Å². The van der Waals surface area contributed by atoms with Crippen LogP contribution in [0.25, 0.3) is 0 Å². The number of alkyl carbamates (subject to hydrolysis) is 1. The van der Waals surface area contributed by atoms with Crippen LogP contribution in [-0.2, 0) is 57.1 Å². The van der Waals surface area contributed by atoms with Gasteiger partial charge < -0.3 is 69.8 Å². The standard InChI is InChI=1S/C23H39N3O7.C18H31N3O5.C10H18O5/c1-6-31-21(29)16-12-18(25-22(30)33-23(3,4)5)20(24-15(2)28)19(13-16)26-9-7-8-17(14-26)32-11-10-27;1-3-25-18(24)13-9-15(19)17(20-12(2)23)16(10-13)21-6-4-5-14(11-21)26-8-7-22;1-9(2,3)14-7(11)13-8(12)15-10(4,5)6/h13,17-20,27H,6-12,14H2,1-5H3,(H,24,28)(H,25,30);10,14-17,22H,3-9,11,19H2,1-2H3,(H,20,23);1-6H3/t17-,18-,19+,20+;14-,15-,16+,17+;/m00./s1. The Balaban J connectivity index is 0.000000407. The highest BCUT2D eigenvalue weighted by atomic mass is 16.8. The number of amides is 3. The summed E-state index contributed by atoms with van der Waals surface area (Å²) in [5.41, 5.74) is 5.24. The Kier molecular flexibility index (Phi) is 27.5. The lowest BCUT2D eigenvalue weighted by Crippen LogP contribution is -2.64. The van der Waals surface area contributed by atoms with E-state index in [9.17, 15) is 33.6 Å². The smallest absolute Gasteiger partial charge is 0.463 e. The molecule has 3 amide bonds. The van der Waals surface area contributed by atoms with Gasteiger partial charge in [-0.1, -0.05) is 12.2 Å². The maximum Gasteiger partial charge on any atom is 0.519 e. The van der Waals surface area contributed by atoms with Gasteiger partial charge in [0, 0.05) is 50.5 Å². The molecule has 4 rings (SSSR count). The Labute approximate surface area is 437 Å². The summed E-state index contributed by atoms with van der Waals surface area (Å²) in [6.07, 6.45) is 5.12. The van der Waals surface area contributed by atoms with Crippen LogP contribution in [-0.4, -0.2) is 193 Å². The predicted octanol–water partition coefficient (Wildman–Crippen LogP) is 3.55. The highest BCUT2D eigenvalue weighted by molar-refractivity contribution is 5.90. The van der Waals surface area contributed by atoms with E-state index in [1.54, 1.807) is 76.2 Å². The van der Waals surface area contributed by atoms with Crippen LogP contribution in [0.5, 0.6) is 0 Å². The van der Waals surface area contributed by atoms with Gasteiger partial charge in [-0.05, 0) is 121 Å². The van der Waals surface area contributed by atoms with Crippen LogP contribution < -0.4 is 21.7 Å². The second-order valence-electron chi connectivity index (χ2n) is 21.3. The van der Waals surface area contributed by atoms with E-state index in [1.165, 1.54) is 13.8 Å². The number of hydrogen-bond donors (Lipinski definition) is 6. The number of piperidine rings is 2. The first kappa shape index (κ1) is 65.2. The molecule has 0 aromatic rings. The van der Waals surface area contributed by atoms with Crippen molar-refractivity contribution in [2.75, 3.05) is 65.8 Å². The number of esters is 2. The number of aliphatic hydroxyl groups excluding tert-OH is 2. The van der Waals surface area contributed by atoms with E-state index in [-0.39, 0.29) is 87.0 Å². The van der Waals surface area contributed by atoms with Crippen LogP contribution in [0.2, 0.25) is 0 Å². The summed E-state index contributed by atoms with van der Waals surface area (Å²) in [6, 6.07) is -2.25. The molecule has 0 radical (unpaired) electrons. The third-order valence-corrected chi connectivity index (χ3v) is 11.3. The third-order valence-electron chi connectivity index (χ3n) is 11.3. The summed E-state index contributed by atoms with van der Waals surface area (Å²) in [5.74, 6) is -1.17. The molecule has 74 heavy (non-hydrogen) atoms. The molecule has 2 fully saturated rings. The van der Waals surface area contributed by atoms with Crippen LogP contribution in [0.15, 0.2) is 23.3 Å². The molecule has 23 heteroatoms. The maximum absolute atomic E-state index is 12.6. The van der Waals surface area contributed by atoms with Crippen molar-refractivity contribution in [2.45, 2.75) is 194 Å². The van der Waals surface area contributed by atoms with Crippen molar-refractivity contribution in [3.8, 4) is 0 Å². The Bertz CT molecular complexity index is 1870. The summed E-state index contributed by atoms with van der Waals surface area (Å²) in [6.45, 7) is 25.6. The first-order valence-electron chi connectivity index (χ1n) is 25.6. The quantitative estimate of drug-likeness (QED) is 0.0776. The summed E-state index contributed by atoms with van der Waals surface area (Å²) < 4.78 is 41.0. The Morgan fingerprint density at radius 2 is 1.03 bits per heavy atom. The van der Waals surface area contributed by atoms with Gasteiger partial charge in [0.15, 0.2) is 0 Å².